The Kier molecular flexibility index (Phi) is 7.01. The highest BCUT2D eigenvalue weighted by molar-refractivity contribution is 5.77. The van der Waals surface area contributed by atoms with E-state index in [-0.39, 0.29) is 0 Å². The number of hydrogen-bond donors (Lipinski definition) is 2. The zero-order valence-electron chi connectivity index (χ0n) is 11.2. The zero-order chi connectivity index (χ0) is 12.5. The minimum atomic E-state index is 0.472. The summed E-state index contributed by atoms with van der Waals surface area (Å²) in [7, 11) is 0. The molecule has 1 unspecified atom stereocenters. The van der Waals surface area contributed by atoms with Crippen molar-refractivity contribution < 1.29 is 4.74 Å². The summed E-state index contributed by atoms with van der Waals surface area (Å²) in [4.78, 5) is 4.26. The van der Waals surface area contributed by atoms with Crippen molar-refractivity contribution in [2.75, 3.05) is 19.7 Å². The molecule has 1 heterocycles. The zero-order valence-corrected chi connectivity index (χ0v) is 11.2. The lowest BCUT2D eigenvalue weighted by molar-refractivity contribution is 0.0104. The first-order valence-electron chi connectivity index (χ1n) is 6.84. The van der Waals surface area contributed by atoms with Gasteiger partial charge in [-0.15, -0.1) is 0 Å². The molecule has 3 N–H and O–H groups in total. The van der Waals surface area contributed by atoms with Crippen molar-refractivity contribution in [3.05, 3.63) is 0 Å². The van der Waals surface area contributed by atoms with Crippen LogP contribution in [0.5, 0.6) is 0 Å². The third kappa shape index (κ3) is 7.21. The van der Waals surface area contributed by atoms with Crippen molar-refractivity contribution in [1.29, 1.82) is 0 Å². The van der Waals surface area contributed by atoms with Crippen molar-refractivity contribution in [3.63, 3.8) is 0 Å². The van der Waals surface area contributed by atoms with Crippen LogP contribution in [0.4, 0.5) is 0 Å². The van der Waals surface area contributed by atoms with Crippen LogP contribution in [0.25, 0.3) is 0 Å². The van der Waals surface area contributed by atoms with E-state index in [4.69, 9.17) is 10.5 Å². The van der Waals surface area contributed by atoms with Gasteiger partial charge in [0.2, 0.25) is 0 Å². The molecule has 17 heavy (non-hydrogen) atoms. The van der Waals surface area contributed by atoms with Crippen LogP contribution in [-0.2, 0) is 4.74 Å². The van der Waals surface area contributed by atoms with Crippen molar-refractivity contribution in [2.45, 2.75) is 52.1 Å². The molecule has 4 nitrogen and oxygen atoms in total. The molecule has 0 saturated carbocycles. The number of guanidine groups is 1. The molecule has 0 radical (unpaired) electrons. The predicted octanol–water partition coefficient (Wildman–Crippen LogP) is 1.90. The molecule has 1 saturated heterocycles. The van der Waals surface area contributed by atoms with Gasteiger partial charge in [0.15, 0.2) is 5.96 Å². The van der Waals surface area contributed by atoms with Crippen LogP contribution < -0.4 is 11.1 Å². The Balaban J connectivity index is 2.01. The van der Waals surface area contributed by atoms with Crippen LogP contribution in [0.2, 0.25) is 0 Å². The number of rotatable bonds is 6. The highest BCUT2D eigenvalue weighted by atomic mass is 16.5. The minimum Gasteiger partial charge on any atom is -0.378 e. The minimum absolute atomic E-state index is 0.472. The SMILES string of the molecule is CC(C)CN=C(N)NCCCC1CCCCO1. The summed E-state index contributed by atoms with van der Waals surface area (Å²) in [5, 5.41) is 3.15. The number of ether oxygens (including phenoxy) is 1. The smallest absolute Gasteiger partial charge is 0.188 e. The summed E-state index contributed by atoms with van der Waals surface area (Å²) in [6, 6.07) is 0. The molecule has 0 aromatic carbocycles. The van der Waals surface area contributed by atoms with E-state index in [0.717, 1.165) is 32.5 Å². The predicted molar refractivity (Wildman–Crippen MR) is 72.2 cm³/mol. The van der Waals surface area contributed by atoms with E-state index < -0.39 is 0 Å². The largest absolute Gasteiger partial charge is 0.378 e. The average molecular weight is 241 g/mol. The molecule has 0 spiro atoms. The van der Waals surface area contributed by atoms with E-state index in [9.17, 15) is 0 Å². The molecule has 0 aromatic rings. The average Bonchev–Trinajstić information content (AvgIpc) is 2.33. The normalized spacial score (nSPS) is 21.8. The molecular weight excluding hydrogens is 214 g/mol. The second-order valence-corrected chi connectivity index (χ2v) is 5.18. The number of hydrogen-bond acceptors (Lipinski definition) is 2. The Labute approximate surface area is 105 Å². The van der Waals surface area contributed by atoms with Crippen LogP contribution in [0.1, 0.15) is 46.0 Å². The maximum Gasteiger partial charge on any atom is 0.188 e. The second kappa shape index (κ2) is 8.34. The Morgan fingerprint density at radius 2 is 2.29 bits per heavy atom. The maximum absolute atomic E-state index is 5.75. The number of aliphatic imine (C=N–C) groups is 1. The lowest BCUT2D eigenvalue weighted by Gasteiger charge is -2.22. The van der Waals surface area contributed by atoms with E-state index in [1.165, 1.54) is 19.3 Å². The fraction of sp³-hybridized carbons (Fsp3) is 0.923. The van der Waals surface area contributed by atoms with Gasteiger partial charge in [0, 0.05) is 19.7 Å². The first-order valence-corrected chi connectivity index (χ1v) is 6.84. The summed E-state index contributed by atoms with van der Waals surface area (Å²) in [5.74, 6) is 1.13. The van der Waals surface area contributed by atoms with E-state index in [2.05, 4.69) is 24.2 Å². The molecule has 1 atom stereocenters. The number of nitrogens with zero attached hydrogens (tertiary/aromatic N) is 1. The van der Waals surface area contributed by atoms with Crippen molar-refractivity contribution >= 4 is 5.96 Å². The lowest BCUT2D eigenvalue weighted by atomic mass is 10.0. The summed E-state index contributed by atoms with van der Waals surface area (Å²) in [6.45, 7) is 6.91. The van der Waals surface area contributed by atoms with Crippen molar-refractivity contribution in [2.24, 2.45) is 16.6 Å². The summed E-state index contributed by atoms with van der Waals surface area (Å²) < 4.78 is 5.67. The molecule has 100 valence electrons. The molecule has 4 heteroatoms. The molecule has 0 aliphatic carbocycles. The van der Waals surface area contributed by atoms with Crippen LogP contribution >= 0.6 is 0 Å². The fourth-order valence-electron chi connectivity index (χ4n) is 1.92. The first-order chi connectivity index (χ1) is 8.18. The molecule has 1 fully saturated rings. The van der Waals surface area contributed by atoms with E-state index in [1.54, 1.807) is 0 Å². The van der Waals surface area contributed by atoms with Crippen LogP contribution in [0, 0.1) is 5.92 Å². The van der Waals surface area contributed by atoms with Gasteiger partial charge in [-0.3, -0.25) is 4.99 Å². The summed E-state index contributed by atoms with van der Waals surface area (Å²) in [5.41, 5.74) is 5.75. The van der Waals surface area contributed by atoms with E-state index in [0.29, 0.717) is 18.0 Å². The standard InChI is InChI=1S/C13H27N3O/c1-11(2)10-16-13(14)15-8-5-7-12-6-3-4-9-17-12/h11-12H,3-10H2,1-2H3,(H3,14,15,16). The summed E-state index contributed by atoms with van der Waals surface area (Å²) in [6.07, 6.45) is 6.46. The van der Waals surface area contributed by atoms with E-state index >= 15 is 0 Å². The Morgan fingerprint density at radius 1 is 1.47 bits per heavy atom. The number of nitrogens with one attached hydrogen (secondary N) is 1. The van der Waals surface area contributed by atoms with Gasteiger partial charge in [0.05, 0.1) is 6.10 Å². The van der Waals surface area contributed by atoms with E-state index in [1.807, 2.05) is 0 Å². The Hall–Kier alpha value is -0.770. The first kappa shape index (κ1) is 14.3. The van der Waals surface area contributed by atoms with Gasteiger partial charge < -0.3 is 15.8 Å². The molecule has 0 amide bonds. The lowest BCUT2D eigenvalue weighted by Crippen LogP contribution is -2.33. The van der Waals surface area contributed by atoms with Crippen LogP contribution in [-0.4, -0.2) is 31.8 Å². The van der Waals surface area contributed by atoms with Gasteiger partial charge in [-0.25, -0.2) is 0 Å². The van der Waals surface area contributed by atoms with Gasteiger partial charge in [-0.2, -0.15) is 0 Å². The second-order valence-electron chi connectivity index (χ2n) is 5.18. The molecule has 1 aliphatic rings. The van der Waals surface area contributed by atoms with Crippen molar-refractivity contribution in [1.82, 2.24) is 5.32 Å². The molecule has 0 bridgehead atoms. The highest BCUT2D eigenvalue weighted by Gasteiger charge is 2.12. The van der Waals surface area contributed by atoms with Gasteiger partial charge in [-0.05, 0) is 38.0 Å². The molecule has 1 rings (SSSR count). The Bertz CT molecular complexity index is 223. The summed E-state index contributed by atoms with van der Waals surface area (Å²) >= 11 is 0. The van der Waals surface area contributed by atoms with Crippen LogP contribution in [0.15, 0.2) is 4.99 Å². The number of nitrogens with two attached hydrogens (primary N) is 1. The third-order valence-corrected chi connectivity index (χ3v) is 2.91. The van der Waals surface area contributed by atoms with Gasteiger partial charge >= 0.3 is 0 Å². The quantitative estimate of drug-likeness (QED) is 0.424. The fourth-order valence-corrected chi connectivity index (χ4v) is 1.92. The highest BCUT2D eigenvalue weighted by Crippen LogP contribution is 2.16. The Morgan fingerprint density at radius 3 is 2.94 bits per heavy atom. The third-order valence-electron chi connectivity index (χ3n) is 2.91. The molecule has 0 aromatic heterocycles. The maximum atomic E-state index is 5.75. The monoisotopic (exact) mass is 241 g/mol. The van der Waals surface area contributed by atoms with Crippen molar-refractivity contribution in [3.8, 4) is 0 Å². The van der Waals surface area contributed by atoms with Gasteiger partial charge in [-0.1, -0.05) is 13.8 Å². The van der Waals surface area contributed by atoms with Crippen LogP contribution in [0.3, 0.4) is 0 Å². The van der Waals surface area contributed by atoms with Gasteiger partial charge in [0.1, 0.15) is 0 Å². The molecule has 1 aliphatic heterocycles. The van der Waals surface area contributed by atoms with Gasteiger partial charge in [0.25, 0.3) is 0 Å². The topological polar surface area (TPSA) is 59.6 Å². The molecular formula is C13H27N3O.